The van der Waals surface area contributed by atoms with Crippen molar-refractivity contribution < 1.29 is 29.7 Å². The zero-order valence-corrected chi connectivity index (χ0v) is 10.4. The van der Waals surface area contributed by atoms with E-state index in [1.54, 1.807) is 38.5 Å². The first-order valence-electron chi connectivity index (χ1n) is 5.43. The quantitative estimate of drug-likeness (QED) is 0.488. The molecule has 0 amide bonds. The Morgan fingerprint density at radius 3 is 0.778 bits per heavy atom. The largest absolute Gasteiger partial charge is 0.483 e. The Morgan fingerprint density at radius 2 is 0.722 bits per heavy atom. The predicted octanol–water partition coefficient (Wildman–Crippen LogP) is 1.85. The molecular formula is C11H23NO6. The SMILES string of the molecule is C1CC2CCC1CC2.N.O=CO.O=CO.O=CO. The zero-order chi connectivity index (χ0) is 13.5. The number of carbonyl (C=O) groups is 3. The van der Waals surface area contributed by atoms with Crippen molar-refractivity contribution >= 4 is 19.4 Å². The van der Waals surface area contributed by atoms with Gasteiger partial charge in [0.15, 0.2) is 0 Å². The van der Waals surface area contributed by atoms with Gasteiger partial charge in [-0.3, -0.25) is 14.4 Å². The summed E-state index contributed by atoms with van der Waals surface area (Å²) < 4.78 is 0. The van der Waals surface area contributed by atoms with Crippen LogP contribution >= 0.6 is 0 Å². The lowest BCUT2D eigenvalue weighted by molar-refractivity contribution is -0.123. The molecule has 6 N–H and O–H groups in total. The van der Waals surface area contributed by atoms with Gasteiger partial charge in [-0.05, 0) is 11.8 Å². The van der Waals surface area contributed by atoms with Crippen LogP contribution in [0.3, 0.4) is 0 Å². The summed E-state index contributed by atoms with van der Waals surface area (Å²) in [5, 5.41) is 20.7. The van der Waals surface area contributed by atoms with E-state index in [2.05, 4.69) is 0 Å². The fourth-order valence-corrected chi connectivity index (χ4v) is 2.28. The van der Waals surface area contributed by atoms with Crippen molar-refractivity contribution in [3.05, 3.63) is 0 Å². The summed E-state index contributed by atoms with van der Waals surface area (Å²) in [6.45, 7) is -0.750. The van der Waals surface area contributed by atoms with E-state index in [-0.39, 0.29) is 25.6 Å². The van der Waals surface area contributed by atoms with Crippen LogP contribution in [0.15, 0.2) is 0 Å². The maximum absolute atomic E-state index is 8.36. The highest BCUT2D eigenvalue weighted by Crippen LogP contribution is 2.40. The Hall–Kier alpha value is -1.63. The Kier molecular flexibility index (Phi) is 21.3. The van der Waals surface area contributed by atoms with Gasteiger partial charge < -0.3 is 21.5 Å². The summed E-state index contributed by atoms with van der Waals surface area (Å²) in [4.78, 5) is 25.1. The molecule has 0 aliphatic heterocycles. The van der Waals surface area contributed by atoms with E-state index in [1.807, 2.05) is 0 Å². The summed E-state index contributed by atoms with van der Waals surface area (Å²) >= 11 is 0. The van der Waals surface area contributed by atoms with Crippen molar-refractivity contribution in [1.82, 2.24) is 6.15 Å². The van der Waals surface area contributed by atoms with E-state index in [1.165, 1.54) is 0 Å². The second-order valence-electron chi connectivity index (χ2n) is 3.78. The molecule has 0 unspecified atom stereocenters. The van der Waals surface area contributed by atoms with E-state index >= 15 is 0 Å². The Bertz CT molecular complexity index is 155. The molecule has 0 aromatic rings. The molecule has 3 rings (SSSR count). The average Bonchev–Trinajstić information content (AvgIpc) is 2.34. The first kappa shape index (κ1) is 21.6. The molecule has 3 aliphatic rings. The highest BCUT2D eigenvalue weighted by Gasteiger charge is 2.26. The van der Waals surface area contributed by atoms with Crippen molar-refractivity contribution in [2.75, 3.05) is 0 Å². The minimum atomic E-state index is -0.250. The molecule has 3 saturated carbocycles. The number of hydrogen-bond acceptors (Lipinski definition) is 4. The van der Waals surface area contributed by atoms with E-state index in [0.717, 1.165) is 11.8 Å². The van der Waals surface area contributed by atoms with Crippen LogP contribution < -0.4 is 6.15 Å². The van der Waals surface area contributed by atoms with Gasteiger partial charge in [0.2, 0.25) is 0 Å². The van der Waals surface area contributed by atoms with E-state index in [0.29, 0.717) is 0 Å². The van der Waals surface area contributed by atoms with Gasteiger partial charge in [-0.15, -0.1) is 0 Å². The van der Waals surface area contributed by atoms with Crippen LogP contribution in [0.5, 0.6) is 0 Å². The van der Waals surface area contributed by atoms with E-state index in [9.17, 15) is 0 Å². The Balaban J connectivity index is -0.000000195. The van der Waals surface area contributed by atoms with Crippen LogP contribution in [0.1, 0.15) is 38.5 Å². The van der Waals surface area contributed by atoms with Crippen LogP contribution in [0, 0.1) is 11.8 Å². The van der Waals surface area contributed by atoms with Crippen molar-refractivity contribution in [3.8, 4) is 0 Å². The van der Waals surface area contributed by atoms with Gasteiger partial charge in [-0.2, -0.15) is 0 Å². The van der Waals surface area contributed by atoms with E-state index < -0.39 is 0 Å². The summed E-state index contributed by atoms with van der Waals surface area (Å²) in [6.07, 6.45) is 9.36. The summed E-state index contributed by atoms with van der Waals surface area (Å²) in [7, 11) is 0. The Morgan fingerprint density at radius 1 is 0.611 bits per heavy atom. The first-order valence-corrected chi connectivity index (χ1v) is 5.43. The molecule has 0 aromatic carbocycles. The summed E-state index contributed by atoms with van der Waals surface area (Å²) in [5.41, 5.74) is 0. The van der Waals surface area contributed by atoms with Gasteiger partial charge in [0.25, 0.3) is 19.4 Å². The van der Waals surface area contributed by atoms with Gasteiger partial charge in [-0.25, -0.2) is 0 Å². The minimum absolute atomic E-state index is 0. The second-order valence-corrected chi connectivity index (χ2v) is 3.78. The van der Waals surface area contributed by atoms with Crippen LogP contribution in [0.4, 0.5) is 0 Å². The van der Waals surface area contributed by atoms with Crippen molar-refractivity contribution in [1.29, 1.82) is 0 Å². The fraction of sp³-hybridized carbons (Fsp3) is 0.727. The summed E-state index contributed by atoms with van der Waals surface area (Å²) in [6, 6.07) is 0. The molecule has 0 spiro atoms. The molecule has 0 aromatic heterocycles. The summed E-state index contributed by atoms with van der Waals surface area (Å²) in [5.74, 6) is 2.31. The molecular weight excluding hydrogens is 242 g/mol. The molecule has 0 atom stereocenters. The van der Waals surface area contributed by atoms with Crippen LogP contribution in [-0.2, 0) is 14.4 Å². The van der Waals surface area contributed by atoms with Crippen molar-refractivity contribution in [2.45, 2.75) is 38.5 Å². The average molecular weight is 265 g/mol. The standard InChI is InChI=1S/C8H14.3CH2O2.H3N/c1-2-8-5-3-7(1)4-6-8;3*2-1-3;/h7-8H,1-6H2;3*1H,(H,2,3);1H3. The topological polar surface area (TPSA) is 147 Å². The molecule has 18 heavy (non-hydrogen) atoms. The molecule has 3 fully saturated rings. The van der Waals surface area contributed by atoms with Crippen molar-refractivity contribution in [3.63, 3.8) is 0 Å². The second kappa shape index (κ2) is 17.8. The number of carboxylic acid groups (broad SMARTS) is 3. The van der Waals surface area contributed by atoms with Gasteiger partial charge in [0.05, 0.1) is 0 Å². The van der Waals surface area contributed by atoms with E-state index in [4.69, 9.17) is 29.7 Å². The third-order valence-corrected chi connectivity index (χ3v) is 2.95. The molecule has 0 saturated heterocycles. The van der Waals surface area contributed by atoms with Crippen molar-refractivity contribution in [2.24, 2.45) is 11.8 Å². The van der Waals surface area contributed by atoms with Gasteiger partial charge in [-0.1, -0.05) is 38.5 Å². The smallest absolute Gasteiger partial charge is 0.290 e. The number of rotatable bonds is 0. The van der Waals surface area contributed by atoms with Crippen LogP contribution in [0.25, 0.3) is 0 Å². The third-order valence-electron chi connectivity index (χ3n) is 2.95. The zero-order valence-electron chi connectivity index (χ0n) is 10.4. The molecule has 7 nitrogen and oxygen atoms in total. The Labute approximate surface area is 106 Å². The van der Waals surface area contributed by atoms with Crippen LogP contribution in [0.2, 0.25) is 0 Å². The predicted molar refractivity (Wildman–Crippen MR) is 65.8 cm³/mol. The third kappa shape index (κ3) is 14.4. The lowest BCUT2D eigenvalue weighted by Crippen LogP contribution is -2.21. The molecule has 2 bridgehead atoms. The fourth-order valence-electron chi connectivity index (χ4n) is 2.28. The highest BCUT2D eigenvalue weighted by molar-refractivity contribution is 5.33. The lowest BCUT2D eigenvalue weighted by atomic mass is 9.71. The molecule has 7 heteroatoms. The molecule has 0 radical (unpaired) electrons. The number of fused-ring (bicyclic) bond motifs is 3. The van der Waals surface area contributed by atoms with Gasteiger partial charge in [0.1, 0.15) is 0 Å². The maximum atomic E-state index is 8.36. The number of hydrogen-bond donors (Lipinski definition) is 4. The van der Waals surface area contributed by atoms with Crippen LogP contribution in [-0.4, -0.2) is 34.7 Å². The highest BCUT2D eigenvalue weighted by atomic mass is 16.4. The minimum Gasteiger partial charge on any atom is -0.483 e. The molecule has 108 valence electrons. The molecule has 3 aliphatic carbocycles. The lowest BCUT2D eigenvalue weighted by Gasteiger charge is -2.35. The first-order chi connectivity index (χ1) is 8.19. The monoisotopic (exact) mass is 265 g/mol. The maximum Gasteiger partial charge on any atom is 0.290 e. The van der Waals surface area contributed by atoms with Gasteiger partial charge >= 0.3 is 0 Å². The van der Waals surface area contributed by atoms with Gasteiger partial charge in [0, 0.05) is 0 Å². The molecule has 0 heterocycles. The normalized spacial score (nSPS) is 22.0.